The lowest BCUT2D eigenvalue weighted by molar-refractivity contribution is -0.139. The zero-order valence-corrected chi connectivity index (χ0v) is 10.3. The van der Waals surface area contributed by atoms with Crippen LogP contribution in [0.4, 0.5) is 13.2 Å². The molecule has 100 valence electrons. The van der Waals surface area contributed by atoms with E-state index in [0.29, 0.717) is 12.1 Å². The van der Waals surface area contributed by atoms with Crippen LogP contribution in [0.15, 0.2) is 30.9 Å². The van der Waals surface area contributed by atoms with Crippen molar-refractivity contribution in [2.75, 3.05) is 7.05 Å². The standard InChI is InChI=1S/C13H16F3NO/c1-4-9(2)18-12-6-5-10(8-17-3)7-11(12)13(14,15)16/h4-7,9,17H,1,8H2,2-3H3. The molecule has 0 aromatic heterocycles. The Morgan fingerprint density at radius 3 is 2.61 bits per heavy atom. The molecule has 5 heteroatoms. The third-order valence-electron chi connectivity index (χ3n) is 2.38. The summed E-state index contributed by atoms with van der Waals surface area (Å²) in [6.07, 6.45) is -3.46. The van der Waals surface area contributed by atoms with Crippen LogP contribution in [0.5, 0.6) is 5.75 Å². The summed E-state index contributed by atoms with van der Waals surface area (Å²) < 4.78 is 43.9. The monoisotopic (exact) mass is 259 g/mol. The third-order valence-corrected chi connectivity index (χ3v) is 2.38. The van der Waals surface area contributed by atoms with Gasteiger partial charge in [-0.3, -0.25) is 0 Å². The van der Waals surface area contributed by atoms with Gasteiger partial charge >= 0.3 is 6.18 Å². The maximum atomic E-state index is 12.9. The molecule has 0 saturated heterocycles. The van der Waals surface area contributed by atoms with Gasteiger partial charge < -0.3 is 10.1 Å². The summed E-state index contributed by atoms with van der Waals surface area (Å²) in [5.74, 6) is -0.172. The second-order valence-electron chi connectivity index (χ2n) is 3.92. The van der Waals surface area contributed by atoms with Gasteiger partial charge in [-0.2, -0.15) is 13.2 Å². The summed E-state index contributed by atoms with van der Waals surface area (Å²) in [5.41, 5.74) is -0.201. The van der Waals surface area contributed by atoms with Crippen molar-refractivity contribution >= 4 is 0 Å². The summed E-state index contributed by atoms with van der Waals surface area (Å²) in [6, 6.07) is 4.05. The van der Waals surface area contributed by atoms with Crippen molar-refractivity contribution in [1.82, 2.24) is 5.32 Å². The predicted octanol–water partition coefficient (Wildman–Crippen LogP) is 3.38. The average molecular weight is 259 g/mol. The van der Waals surface area contributed by atoms with E-state index in [0.717, 1.165) is 6.07 Å². The quantitative estimate of drug-likeness (QED) is 0.818. The molecule has 0 amide bonds. The van der Waals surface area contributed by atoms with Crippen molar-refractivity contribution in [1.29, 1.82) is 0 Å². The SMILES string of the molecule is C=CC(C)Oc1ccc(CNC)cc1C(F)(F)F. The molecular weight excluding hydrogens is 243 g/mol. The largest absolute Gasteiger partial charge is 0.486 e. The lowest BCUT2D eigenvalue weighted by Crippen LogP contribution is -2.15. The summed E-state index contributed by atoms with van der Waals surface area (Å²) in [7, 11) is 1.68. The Bertz CT molecular complexity index is 415. The molecule has 0 saturated carbocycles. The van der Waals surface area contributed by atoms with Crippen LogP contribution in [0, 0.1) is 0 Å². The fourth-order valence-corrected chi connectivity index (χ4v) is 1.46. The van der Waals surface area contributed by atoms with Crippen molar-refractivity contribution in [3.05, 3.63) is 42.0 Å². The molecule has 0 aliphatic carbocycles. The minimum Gasteiger partial charge on any atom is -0.486 e. The average Bonchev–Trinajstić information content (AvgIpc) is 2.30. The lowest BCUT2D eigenvalue weighted by Gasteiger charge is -2.17. The number of alkyl halides is 3. The van der Waals surface area contributed by atoms with E-state index in [2.05, 4.69) is 11.9 Å². The third kappa shape index (κ3) is 3.77. The first kappa shape index (κ1) is 14.6. The smallest absolute Gasteiger partial charge is 0.419 e. The van der Waals surface area contributed by atoms with E-state index < -0.39 is 17.8 Å². The molecule has 0 heterocycles. The Kier molecular flexibility index (Phi) is 4.78. The highest BCUT2D eigenvalue weighted by Gasteiger charge is 2.34. The first-order chi connectivity index (χ1) is 8.38. The summed E-state index contributed by atoms with van der Waals surface area (Å²) in [4.78, 5) is 0. The van der Waals surface area contributed by atoms with E-state index >= 15 is 0 Å². The number of halogens is 3. The first-order valence-corrected chi connectivity index (χ1v) is 5.52. The van der Waals surface area contributed by atoms with Gasteiger partial charge in [0, 0.05) is 6.54 Å². The van der Waals surface area contributed by atoms with Gasteiger partial charge in [-0.1, -0.05) is 18.7 Å². The molecule has 2 nitrogen and oxygen atoms in total. The number of ether oxygens (including phenoxy) is 1. The highest BCUT2D eigenvalue weighted by atomic mass is 19.4. The van der Waals surface area contributed by atoms with Crippen molar-refractivity contribution in [3.63, 3.8) is 0 Å². The molecule has 18 heavy (non-hydrogen) atoms. The van der Waals surface area contributed by atoms with Crippen LogP contribution in [0.1, 0.15) is 18.1 Å². The number of benzene rings is 1. The Labute approximate surface area is 104 Å². The minimum atomic E-state index is -4.43. The van der Waals surface area contributed by atoms with Gasteiger partial charge in [0.1, 0.15) is 11.9 Å². The Morgan fingerprint density at radius 2 is 2.11 bits per heavy atom. The molecule has 1 aromatic carbocycles. The second-order valence-corrected chi connectivity index (χ2v) is 3.92. The number of rotatable bonds is 5. The normalized spacial score (nSPS) is 13.2. The fourth-order valence-electron chi connectivity index (χ4n) is 1.46. The van der Waals surface area contributed by atoms with Crippen LogP contribution in [0.3, 0.4) is 0 Å². The molecule has 0 radical (unpaired) electrons. The molecule has 1 aromatic rings. The van der Waals surface area contributed by atoms with Crippen molar-refractivity contribution < 1.29 is 17.9 Å². The van der Waals surface area contributed by atoms with E-state index in [9.17, 15) is 13.2 Å². The maximum absolute atomic E-state index is 12.9. The molecule has 0 spiro atoms. The highest BCUT2D eigenvalue weighted by Crippen LogP contribution is 2.37. The fraction of sp³-hybridized carbons (Fsp3) is 0.385. The van der Waals surface area contributed by atoms with Crippen LogP contribution >= 0.6 is 0 Å². The molecular formula is C13H16F3NO. The van der Waals surface area contributed by atoms with Gasteiger partial charge in [0.15, 0.2) is 0 Å². The van der Waals surface area contributed by atoms with E-state index in [1.165, 1.54) is 12.1 Å². The molecule has 1 atom stereocenters. The number of hydrogen-bond acceptors (Lipinski definition) is 2. The van der Waals surface area contributed by atoms with Crippen LogP contribution < -0.4 is 10.1 Å². The van der Waals surface area contributed by atoms with Crippen LogP contribution in [-0.2, 0) is 12.7 Å². The summed E-state index contributed by atoms with van der Waals surface area (Å²) >= 11 is 0. The predicted molar refractivity (Wildman–Crippen MR) is 64.5 cm³/mol. The Hall–Kier alpha value is -1.49. The van der Waals surface area contributed by atoms with E-state index in [4.69, 9.17) is 4.74 Å². The van der Waals surface area contributed by atoms with E-state index in [1.54, 1.807) is 20.0 Å². The molecule has 0 aliphatic rings. The van der Waals surface area contributed by atoms with Gasteiger partial charge in [-0.25, -0.2) is 0 Å². The van der Waals surface area contributed by atoms with Gasteiger partial charge in [0.05, 0.1) is 5.56 Å². The van der Waals surface area contributed by atoms with Crippen LogP contribution in [-0.4, -0.2) is 13.2 Å². The van der Waals surface area contributed by atoms with Crippen molar-refractivity contribution in [3.8, 4) is 5.75 Å². The van der Waals surface area contributed by atoms with Crippen LogP contribution in [0.25, 0.3) is 0 Å². The van der Waals surface area contributed by atoms with E-state index in [-0.39, 0.29) is 5.75 Å². The first-order valence-electron chi connectivity index (χ1n) is 5.52. The molecule has 1 unspecified atom stereocenters. The van der Waals surface area contributed by atoms with E-state index in [1.807, 2.05) is 0 Å². The van der Waals surface area contributed by atoms with Gasteiger partial charge in [0.25, 0.3) is 0 Å². The Morgan fingerprint density at radius 1 is 1.44 bits per heavy atom. The van der Waals surface area contributed by atoms with Crippen molar-refractivity contribution in [2.24, 2.45) is 0 Å². The number of hydrogen-bond donors (Lipinski definition) is 1. The van der Waals surface area contributed by atoms with Gasteiger partial charge in [-0.05, 0) is 31.7 Å². The topological polar surface area (TPSA) is 21.3 Å². The van der Waals surface area contributed by atoms with Crippen LogP contribution in [0.2, 0.25) is 0 Å². The molecule has 0 aliphatic heterocycles. The molecule has 1 rings (SSSR count). The zero-order chi connectivity index (χ0) is 13.8. The van der Waals surface area contributed by atoms with Gasteiger partial charge in [-0.15, -0.1) is 0 Å². The number of nitrogens with one attached hydrogen (secondary N) is 1. The highest BCUT2D eigenvalue weighted by molar-refractivity contribution is 5.39. The zero-order valence-electron chi connectivity index (χ0n) is 10.3. The summed E-state index contributed by atoms with van der Waals surface area (Å²) in [5, 5.41) is 2.81. The molecule has 1 N–H and O–H groups in total. The minimum absolute atomic E-state index is 0.172. The van der Waals surface area contributed by atoms with Crippen molar-refractivity contribution in [2.45, 2.75) is 25.7 Å². The summed E-state index contributed by atoms with van der Waals surface area (Å²) in [6.45, 7) is 5.49. The lowest BCUT2D eigenvalue weighted by atomic mass is 10.1. The molecule has 0 fully saturated rings. The second kappa shape index (κ2) is 5.91. The molecule has 0 bridgehead atoms. The van der Waals surface area contributed by atoms with Gasteiger partial charge in [0.2, 0.25) is 0 Å². The Balaban J connectivity index is 3.12. The maximum Gasteiger partial charge on any atom is 0.419 e.